The van der Waals surface area contributed by atoms with E-state index in [1.807, 2.05) is 0 Å². The molecule has 88 valence electrons. The van der Waals surface area contributed by atoms with Crippen LogP contribution in [0.5, 0.6) is 0 Å². The standard InChI is InChI=1S/C12H10FNO3/c13-8-3-1-7(2-4-8)9-5-11(15)14-6-10(9)12(16)17/h1-4,6,9H,5H2,(H,14,15)(H,16,17)/t9-/m1/s1. The number of halogens is 1. The zero-order chi connectivity index (χ0) is 12.4. The third-order valence-electron chi connectivity index (χ3n) is 2.67. The molecule has 1 aromatic rings. The molecule has 0 saturated heterocycles. The smallest absolute Gasteiger partial charge is 0.333 e. The van der Waals surface area contributed by atoms with Crippen molar-refractivity contribution in [3.8, 4) is 0 Å². The van der Waals surface area contributed by atoms with Gasteiger partial charge in [-0.15, -0.1) is 0 Å². The molecular formula is C12H10FNO3. The normalized spacial score (nSPS) is 19.5. The van der Waals surface area contributed by atoms with Crippen molar-refractivity contribution in [2.45, 2.75) is 12.3 Å². The summed E-state index contributed by atoms with van der Waals surface area (Å²) in [7, 11) is 0. The number of benzene rings is 1. The molecule has 1 aliphatic heterocycles. The summed E-state index contributed by atoms with van der Waals surface area (Å²) in [5.41, 5.74) is 0.728. The van der Waals surface area contributed by atoms with E-state index in [1.165, 1.54) is 30.5 Å². The molecule has 0 bridgehead atoms. The molecule has 1 aliphatic rings. The van der Waals surface area contributed by atoms with E-state index in [1.54, 1.807) is 0 Å². The number of carboxylic acids is 1. The number of carbonyl (C=O) groups excluding carboxylic acids is 1. The van der Waals surface area contributed by atoms with Gasteiger partial charge in [-0.2, -0.15) is 0 Å². The molecule has 0 unspecified atom stereocenters. The van der Waals surface area contributed by atoms with Crippen LogP contribution in [0.2, 0.25) is 0 Å². The van der Waals surface area contributed by atoms with Gasteiger partial charge in [-0.3, -0.25) is 4.79 Å². The Balaban J connectivity index is 2.37. The number of rotatable bonds is 2. The zero-order valence-corrected chi connectivity index (χ0v) is 8.81. The second-order valence-electron chi connectivity index (χ2n) is 3.78. The van der Waals surface area contributed by atoms with Gasteiger partial charge in [0.25, 0.3) is 0 Å². The molecule has 5 heteroatoms. The first-order valence-electron chi connectivity index (χ1n) is 5.06. The summed E-state index contributed by atoms with van der Waals surface area (Å²) in [5, 5.41) is 11.4. The van der Waals surface area contributed by atoms with Gasteiger partial charge in [0.2, 0.25) is 5.91 Å². The number of hydrogen-bond acceptors (Lipinski definition) is 2. The van der Waals surface area contributed by atoms with Crippen LogP contribution >= 0.6 is 0 Å². The zero-order valence-electron chi connectivity index (χ0n) is 8.81. The maximum atomic E-state index is 12.8. The number of amides is 1. The first kappa shape index (κ1) is 11.3. The average Bonchev–Trinajstić information content (AvgIpc) is 2.29. The van der Waals surface area contributed by atoms with Crippen molar-refractivity contribution in [3.05, 3.63) is 47.4 Å². The molecule has 0 fully saturated rings. The molecule has 17 heavy (non-hydrogen) atoms. The molecule has 2 N–H and O–H groups in total. The summed E-state index contributed by atoms with van der Waals surface area (Å²) < 4.78 is 12.8. The van der Waals surface area contributed by atoms with E-state index in [2.05, 4.69) is 5.32 Å². The largest absolute Gasteiger partial charge is 0.478 e. The Kier molecular flexibility index (Phi) is 2.91. The minimum Gasteiger partial charge on any atom is -0.478 e. The van der Waals surface area contributed by atoms with Crippen molar-refractivity contribution in [1.82, 2.24) is 5.32 Å². The summed E-state index contributed by atoms with van der Waals surface area (Å²) in [6, 6.07) is 5.49. The third-order valence-corrected chi connectivity index (χ3v) is 2.67. The SMILES string of the molecule is O=C1C[C@H](c2ccc(F)cc2)C(C(=O)O)=CN1. The summed E-state index contributed by atoms with van der Waals surface area (Å²) in [6.07, 6.45) is 1.26. The highest BCUT2D eigenvalue weighted by Gasteiger charge is 2.28. The lowest BCUT2D eigenvalue weighted by Gasteiger charge is -2.21. The maximum absolute atomic E-state index is 12.8. The Bertz CT molecular complexity index is 493. The molecule has 1 heterocycles. The second-order valence-corrected chi connectivity index (χ2v) is 3.78. The molecule has 0 spiro atoms. The summed E-state index contributed by atoms with van der Waals surface area (Å²) >= 11 is 0. The van der Waals surface area contributed by atoms with E-state index in [4.69, 9.17) is 5.11 Å². The fourth-order valence-electron chi connectivity index (χ4n) is 1.82. The van der Waals surface area contributed by atoms with Crippen LogP contribution in [-0.2, 0) is 9.59 Å². The summed E-state index contributed by atoms with van der Waals surface area (Å²) in [5.74, 6) is -2.25. The summed E-state index contributed by atoms with van der Waals surface area (Å²) in [4.78, 5) is 22.3. The van der Waals surface area contributed by atoms with Gasteiger partial charge < -0.3 is 10.4 Å². The van der Waals surface area contributed by atoms with Gasteiger partial charge in [0.05, 0.1) is 5.57 Å². The lowest BCUT2D eigenvalue weighted by atomic mass is 9.86. The average molecular weight is 235 g/mol. The molecule has 0 saturated carbocycles. The van der Waals surface area contributed by atoms with Gasteiger partial charge in [-0.1, -0.05) is 12.1 Å². The highest BCUT2D eigenvalue weighted by molar-refractivity contribution is 5.93. The van der Waals surface area contributed by atoms with Crippen molar-refractivity contribution < 1.29 is 19.1 Å². The van der Waals surface area contributed by atoms with Crippen LogP contribution in [0.25, 0.3) is 0 Å². The molecule has 4 nitrogen and oxygen atoms in total. The highest BCUT2D eigenvalue weighted by Crippen LogP contribution is 2.30. The Labute approximate surface area is 96.8 Å². The molecule has 0 radical (unpaired) electrons. The molecule has 1 atom stereocenters. The second kappa shape index (κ2) is 4.37. The van der Waals surface area contributed by atoms with Gasteiger partial charge in [-0.25, -0.2) is 9.18 Å². The monoisotopic (exact) mass is 235 g/mol. The van der Waals surface area contributed by atoms with Gasteiger partial charge in [0.15, 0.2) is 0 Å². The molecule has 1 aromatic carbocycles. The Morgan fingerprint density at radius 3 is 2.59 bits per heavy atom. The van der Waals surface area contributed by atoms with Crippen LogP contribution in [0, 0.1) is 5.82 Å². The van der Waals surface area contributed by atoms with Crippen LogP contribution in [0.1, 0.15) is 17.9 Å². The lowest BCUT2D eigenvalue weighted by Crippen LogP contribution is -2.29. The van der Waals surface area contributed by atoms with Crippen molar-refractivity contribution in [2.75, 3.05) is 0 Å². The van der Waals surface area contributed by atoms with Gasteiger partial charge in [0, 0.05) is 18.5 Å². The highest BCUT2D eigenvalue weighted by atomic mass is 19.1. The lowest BCUT2D eigenvalue weighted by molar-refractivity contribution is -0.133. The predicted molar refractivity (Wildman–Crippen MR) is 57.6 cm³/mol. The van der Waals surface area contributed by atoms with E-state index in [0.717, 1.165) is 0 Å². The minimum atomic E-state index is -1.08. The molecule has 0 aliphatic carbocycles. The van der Waals surface area contributed by atoms with E-state index in [-0.39, 0.29) is 17.9 Å². The fraction of sp³-hybridized carbons (Fsp3) is 0.167. The van der Waals surface area contributed by atoms with E-state index >= 15 is 0 Å². The molecule has 1 amide bonds. The first-order chi connectivity index (χ1) is 8.08. The van der Waals surface area contributed by atoms with Crippen LogP contribution in [0.3, 0.4) is 0 Å². The van der Waals surface area contributed by atoms with Gasteiger partial charge in [-0.05, 0) is 17.7 Å². The number of carbonyl (C=O) groups is 2. The van der Waals surface area contributed by atoms with E-state index in [0.29, 0.717) is 5.56 Å². The first-order valence-corrected chi connectivity index (χ1v) is 5.06. The number of aliphatic carboxylic acids is 1. The van der Waals surface area contributed by atoms with E-state index in [9.17, 15) is 14.0 Å². The van der Waals surface area contributed by atoms with Crippen LogP contribution in [0.4, 0.5) is 4.39 Å². The van der Waals surface area contributed by atoms with E-state index < -0.39 is 17.7 Å². The molecule has 2 rings (SSSR count). The topological polar surface area (TPSA) is 66.4 Å². The van der Waals surface area contributed by atoms with Crippen LogP contribution in [-0.4, -0.2) is 17.0 Å². The van der Waals surface area contributed by atoms with Crippen molar-refractivity contribution in [1.29, 1.82) is 0 Å². The maximum Gasteiger partial charge on any atom is 0.333 e. The minimum absolute atomic E-state index is 0.0593. The van der Waals surface area contributed by atoms with Crippen LogP contribution < -0.4 is 5.32 Å². The van der Waals surface area contributed by atoms with Crippen molar-refractivity contribution >= 4 is 11.9 Å². The van der Waals surface area contributed by atoms with Crippen molar-refractivity contribution in [2.24, 2.45) is 0 Å². The fourth-order valence-corrected chi connectivity index (χ4v) is 1.82. The number of nitrogens with one attached hydrogen (secondary N) is 1. The van der Waals surface area contributed by atoms with Gasteiger partial charge in [0.1, 0.15) is 5.82 Å². The molecular weight excluding hydrogens is 225 g/mol. The Morgan fingerprint density at radius 2 is 2.00 bits per heavy atom. The Morgan fingerprint density at radius 1 is 1.35 bits per heavy atom. The molecule has 0 aromatic heterocycles. The third kappa shape index (κ3) is 2.33. The number of carboxylic acid groups (broad SMARTS) is 1. The summed E-state index contributed by atoms with van der Waals surface area (Å²) in [6.45, 7) is 0. The Hall–Kier alpha value is -2.17. The van der Waals surface area contributed by atoms with Crippen LogP contribution in [0.15, 0.2) is 36.0 Å². The number of hydrogen-bond donors (Lipinski definition) is 2. The predicted octanol–water partition coefficient (Wildman–Crippen LogP) is 1.40. The quantitative estimate of drug-likeness (QED) is 0.814. The van der Waals surface area contributed by atoms with Gasteiger partial charge >= 0.3 is 5.97 Å². The van der Waals surface area contributed by atoms with Crippen molar-refractivity contribution in [3.63, 3.8) is 0 Å².